The first-order valence-corrected chi connectivity index (χ1v) is 3.63. The molecule has 0 radical (unpaired) electrons. The van der Waals surface area contributed by atoms with Gasteiger partial charge in [-0.05, 0) is 30.9 Å². The van der Waals surface area contributed by atoms with Gasteiger partial charge in [-0.3, -0.25) is 0 Å². The lowest BCUT2D eigenvalue weighted by Crippen LogP contribution is -1.81. The fourth-order valence-electron chi connectivity index (χ4n) is 1.01. The zero-order valence-corrected chi connectivity index (χ0v) is 6.14. The topological polar surface area (TPSA) is 0 Å². The smallest absolute Gasteiger partial charge is 0.00247 e. The summed E-state index contributed by atoms with van der Waals surface area (Å²) < 4.78 is 0. The number of rotatable bonds is 2. The minimum atomic E-state index is 0.986. The summed E-state index contributed by atoms with van der Waals surface area (Å²) in [6.45, 7) is 3.51. The molecule has 10 heavy (non-hydrogen) atoms. The van der Waals surface area contributed by atoms with E-state index < -0.39 is 0 Å². The summed E-state index contributed by atoms with van der Waals surface area (Å²) in [5.74, 6) is 0. The minimum absolute atomic E-state index is 0.986. The first-order valence-electron chi connectivity index (χ1n) is 3.63. The van der Waals surface area contributed by atoms with E-state index in [-0.39, 0.29) is 0 Å². The van der Waals surface area contributed by atoms with Gasteiger partial charge in [0.25, 0.3) is 0 Å². The normalized spacial score (nSPS) is 15.8. The highest BCUT2D eigenvalue weighted by Gasteiger charge is 1.92. The van der Waals surface area contributed by atoms with Crippen LogP contribution in [0.1, 0.15) is 19.3 Å². The van der Waals surface area contributed by atoms with Crippen molar-refractivity contribution in [1.82, 2.24) is 0 Å². The highest BCUT2D eigenvalue weighted by atomic mass is 14.0. The second-order valence-corrected chi connectivity index (χ2v) is 2.37. The van der Waals surface area contributed by atoms with Crippen LogP contribution in [-0.2, 0) is 0 Å². The van der Waals surface area contributed by atoms with Crippen molar-refractivity contribution < 1.29 is 0 Å². The molecule has 0 amide bonds. The molecule has 0 N–H and O–H groups in total. The molecule has 0 fully saturated rings. The third-order valence-corrected chi connectivity index (χ3v) is 1.55. The highest BCUT2D eigenvalue weighted by molar-refractivity contribution is 5.24. The van der Waals surface area contributed by atoms with Crippen LogP contribution in [0.25, 0.3) is 0 Å². The second kappa shape index (κ2) is 3.92. The van der Waals surface area contributed by atoms with Crippen LogP contribution in [0.2, 0.25) is 0 Å². The van der Waals surface area contributed by atoms with Crippen LogP contribution in [0.15, 0.2) is 42.2 Å². The van der Waals surface area contributed by atoms with Gasteiger partial charge in [0.15, 0.2) is 0 Å². The summed E-state index contributed by atoms with van der Waals surface area (Å²) in [5.41, 5.74) is 4.16. The lowest BCUT2D eigenvalue weighted by Gasteiger charge is -2.01. The second-order valence-electron chi connectivity index (χ2n) is 2.37. The van der Waals surface area contributed by atoms with Gasteiger partial charge in [-0.25, -0.2) is 0 Å². The summed E-state index contributed by atoms with van der Waals surface area (Å²) in [5, 5.41) is 0. The van der Waals surface area contributed by atoms with Crippen molar-refractivity contribution in [1.29, 1.82) is 0 Å². The van der Waals surface area contributed by atoms with Crippen molar-refractivity contribution >= 4 is 0 Å². The highest BCUT2D eigenvalue weighted by Crippen LogP contribution is 2.12. The van der Waals surface area contributed by atoms with Crippen molar-refractivity contribution in [2.75, 3.05) is 0 Å². The van der Waals surface area contributed by atoms with Crippen molar-refractivity contribution in [2.24, 2.45) is 0 Å². The zero-order valence-electron chi connectivity index (χ0n) is 6.14. The van der Waals surface area contributed by atoms with E-state index in [0.29, 0.717) is 0 Å². The van der Waals surface area contributed by atoms with Crippen LogP contribution in [-0.4, -0.2) is 0 Å². The third-order valence-electron chi connectivity index (χ3n) is 1.55. The van der Waals surface area contributed by atoms with Crippen LogP contribution in [0, 0.1) is 0 Å². The van der Waals surface area contributed by atoms with Gasteiger partial charge in [-0.15, -0.1) is 5.73 Å². The first kappa shape index (κ1) is 7.11. The van der Waals surface area contributed by atoms with E-state index in [4.69, 9.17) is 0 Å². The van der Waals surface area contributed by atoms with Gasteiger partial charge >= 0.3 is 0 Å². The summed E-state index contributed by atoms with van der Waals surface area (Å²) in [4.78, 5) is 0. The Morgan fingerprint density at radius 1 is 1.60 bits per heavy atom. The predicted octanol–water partition coefficient (Wildman–Crippen LogP) is 2.99. The Morgan fingerprint density at radius 2 is 2.50 bits per heavy atom. The van der Waals surface area contributed by atoms with Gasteiger partial charge in [-0.1, -0.05) is 24.8 Å². The number of hydrogen-bond acceptors (Lipinski definition) is 0. The molecule has 0 aromatic carbocycles. The molecular weight excluding hydrogens is 120 g/mol. The molecule has 0 saturated heterocycles. The molecule has 0 heteroatoms. The van der Waals surface area contributed by atoms with Gasteiger partial charge in [0, 0.05) is 0 Å². The molecule has 0 spiro atoms. The lowest BCUT2D eigenvalue weighted by molar-refractivity contribution is 1.00. The largest absolute Gasteiger partial charge is 0.133 e. The van der Waals surface area contributed by atoms with Crippen molar-refractivity contribution in [3.63, 3.8) is 0 Å². The average molecular weight is 132 g/mol. The van der Waals surface area contributed by atoms with E-state index in [9.17, 15) is 0 Å². The zero-order chi connectivity index (χ0) is 7.23. The number of hydrogen-bond donors (Lipinski definition) is 0. The van der Waals surface area contributed by atoms with Gasteiger partial charge in [0.05, 0.1) is 0 Å². The Balaban J connectivity index is 2.47. The van der Waals surface area contributed by atoms with Crippen molar-refractivity contribution in [2.45, 2.75) is 19.3 Å². The maximum Gasteiger partial charge on any atom is -0.00247 e. The quantitative estimate of drug-likeness (QED) is 0.507. The molecule has 52 valence electrons. The molecule has 1 aliphatic carbocycles. The molecule has 0 heterocycles. The third kappa shape index (κ3) is 2.08. The lowest BCUT2D eigenvalue weighted by atomic mass is 10.0. The fraction of sp³-hybridized carbons (Fsp3) is 0.300. The minimum Gasteiger partial charge on any atom is -0.133 e. The average Bonchev–Trinajstić information content (AvgIpc) is 2.03. The summed E-state index contributed by atoms with van der Waals surface area (Å²) >= 11 is 0. The summed E-state index contributed by atoms with van der Waals surface area (Å²) in [6.07, 6.45) is 12.0. The monoisotopic (exact) mass is 132 g/mol. The fourth-order valence-corrected chi connectivity index (χ4v) is 1.01. The van der Waals surface area contributed by atoms with Gasteiger partial charge < -0.3 is 0 Å². The molecule has 0 atom stereocenters. The molecule has 0 nitrogen and oxygen atoms in total. The maximum absolute atomic E-state index is 3.51. The Morgan fingerprint density at radius 3 is 3.10 bits per heavy atom. The van der Waals surface area contributed by atoms with E-state index >= 15 is 0 Å². The van der Waals surface area contributed by atoms with E-state index in [2.05, 4.69) is 30.5 Å². The van der Waals surface area contributed by atoms with Crippen molar-refractivity contribution in [3.05, 3.63) is 42.2 Å². The van der Waals surface area contributed by atoms with Gasteiger partial charge in [-0.2, -0.15) is 0 Å². The van der Waals surface area contributed by atoms with Crippen LogP contribution >= 0.6 is 0 Å². The van der Waals surface area contributed by atoms with E-state index in [1.807, 2.05) is 6.08 Å². The number of allylic oxidation sites excluding steroid dienone is 5. The molecule has 0 unspecified atom stereocenters. The van der Waals surface area contributed by atoms with Gasteiger partial charge in [0.1, 0.15) is 0 Å². The van der Waals surface area contributed by atoms with Crippen LogP contribution < -0.4 is 0 Å². The Kier molecular flexibility index (Phi) is 2.79. The van der Waals surface area contributed by atoms with E-state index in [1.165, 1.54) is 18.4 Å². The molecule has 1 rings (SSSR count). The molecule has 0 aromatic heterocycles. The molecule has 0 bridgehead atoms. The maximum atomic E-state index is 3.51. The van der Waals surface area contributed by atoms with Crippen LogP contribution in [0.5, 0.6) is 0 Å². The van der Waals surface area contributed by atoms with Crippen LogP contribution in [0.3, 0.4) is 0 Å². The molecular formula is C10H12. The van der Waals surface area contributed by atoms with Crippen molar-refractivity contribution in [3.8, 4) is 0 Å². The SMILES string of the molecule is C=C=CCC1=CCCC=C1. The van der Waals surface area contributed by atoms with Crippen LogP contribution in [0.4, 0.5) is 0 Å². The molecule has 0 aliphatic heterocycles. The molecule has 0 aromatic rings. The summed E-state index contributed by atoms with van der Waals surface area (Å²) in [7, 11) is 0. The molecule has 1 aliphatic rings. The predicted molar refractivity (Wildman–Crippen MR) is 44.8 cm³/mol. The Labute approximate surface area is 62.3 Å². The first-order chi connectivity index (χ1) is 4.93. The van der Waals surface area contributed by atoms with E-state index in [0.717, 1.165) is 6.42 Å². The van der Waals surface area contributed by atoms with Gasteiger partial charge in [0.2, 0.25) is 0 Å². The van der Waals surface area contributed by atoms with E-state index in [1.54, 1.807) is 0 Å². The molecule has 0 saturated carbocycles. The Hall–Kier alpha value is -1.00. The standard InChI is InChI=1S/C10H12/c1-2-3-7-10-8-5-4-6-9-10/h3,5,8-9H,1,4,6-7H2. The Bertz CT molecular complexity index is 200. The summed E-state index contributed by atoms with van der Waals surface area (Å²) in [6, 6.07) is 0.